The molecule has 3 rings (SSSR count). The van der Waals surface area contributed by atoms with Gasteiger partial charge in [0.25, 0.3) is 0 Å². The Labute approximate surface area is 212 Å². The number of alkyl halides is 5. The number of hydrogen-bond donors (Lipinski definition) is 2. The Morgan fingerprint density at radius 1 is 1.03 bits per heavy atom. The minimum Gasteiger partial charge on any atom is -0.326 e. The van der Waals surface area contributed by atoms with Crippen LogP contribution in [-0.2, 0) is 9.59 Å². The fourth-order valence-electron chi connectivity index (χ4n) is 3.44. The van der Waals surface area contributed by atoms with Gasteiger partial charge in [0, 0.05) is 27.6 Å². The Morgan fingerprint density at radius 2 is 1.64 bits per heavy atom. The summed E-state index contributed by atoms with van der Waals surface area (Å²) in [6.07, 6.45) is -5.77. The van der Waals surface area contributed by atoms with Gasteiger partial charge in [0.1, 0.15) is 4.33 Å². The first-order valence-corrected chi connectivity index (χ1v) is 11.4. The Morgan fingerprint density at radius 3 is 2.21 bits per heavy atom. The minimum absolute atomic E-state index is 0.0467. The molecule has 0 bridgehead atoms. The van der Waals surface area contributed by atoms with Crippen molar-refractivity contribution in [2.24, 2.45) is 11.8 Å². The summed E-state index contributed by atoms with van der Waals surface area (Å²) in [5.74, 6) is -4.09. The van der Waals surface area contributed by atoms with E-state index >= 15 is 0 Å². The van der Waals surface area contributed by atoms with Crippen molar-refractivity contribution in [3.8, 4) is 0 Å². The van der Waals surface area contributed by atoms with Crippen molar-refractivity contribution in [3.05, 3.63) is 57.0 Å². The van der Waals surface area contributed by atoms with Crippen LogP contribution in [0.5, 0.6) is 0 Å². The lowest BCUT2D eigenvalue weighted by Crippen LogP contribution is -2.25. The molecule has 33 heavy (non-hydrogen) atoms. The van der Waals surface area contributed by atoms with Gasteiger partial charge >= 0.3 is 6.18 Å². The molecule has 2 aromatic rings. The van der Waals surface area contributed by atoms with E-state index in [1.54, 1.807) is 12.1 Å². The van der Waals surface area contributed by atoms with Crippen LogP contribution in [0.15, 0.2) is 36.4 Å². The zero-order valence-electron chi connectivity index (χ0n) is 16.7. The van der Waals surface area contributed by atoms with Gasteiger partial charge in [-0.15, -0.1) is 23.2 Å². The fraction of sp³-hybridized carbons (Fsp3) is 0.333. The van der Waals surface area contributed by atoms with Gasteiger partial charge < -0.3 is 10.6 Å². The normalized spacial score (nSPS) is 20.2. The van der Waals surface area contributed by atoms with Crippen molar-refractivity contribution in [2.45, 2.75) is 29.8 Å². The molecular weight excluding hydrogens is 547 g/mol. The predicted molar refractivity (Wildman–Crippen MR) is 126 cm³/mol. The third-order valence-electron chi connectivity index (χ3n) is 5.06. The number of benzene rings is 2. The van der Waals surface area contributed by atoms with Gasteiger partial charge in [0.2, 0.25) is 11.8 Å². The lowest BCUT2D eigenvalue weighted by molar-refractivity contribution is -0.150. The lowest BCUT2D eigenvalue weighted by atomic mass is 10.1. The minimum atomic E-state index is -4.49. The molecule has 1 unspecified atom stereocenters. The first-order valence-electron chi connectivity index (χ1n) is 9.51. The first-order chi connectivity index (χ1) is 15.2. The number of nitrogens with one attached hydrogen (secondary N) is 2. The van der Waals surface area contributed by atoms with E-state index in [-0.39, 0.29) is 16.4 Å². The van der Waals surface area contributed by atoms with E-state index in [0.29, 0.717) is 15.6 Å². The van der Waals surface area contributed by atoms with Crippen molar-refractivity contribution in [2.75, 3.05) is 10.6 Å². The van der Waals surface area contributed by atoms with E-state index in [0.717, 1.165) is 6.92 Å². The molecule has 3 atom stereocenters. The lowest BCUT2D eigenvalue weighted by Gasteiger charge is -2.15. The molecule has 0 saturated heterocycles. The monoisotopic (exact) mass is 560 g/mol. The van der Waals surface area contributed by atoms with Crippen molar-refractivity contribution >= 4 is 81.2 Å². The zero-order chi connectivity index (χ0) is 24.7. The molecule has 0 aliphatic heterocycles. The third kappa shape index (κ3) is 6.40. The number of anilines is 2. The number of carbonyl (C=O) groups excluding carboxylic acids is 2. The van der Waals surface area contributed by atoms with Crippen LogP contribution < -0.4 is 10.6 Å². The fourth-order valence-corrected chi connectivity index (χ4v) is 4.97. The summed E-state index contributed by atoms with van der Waals surface area (Å²) in [6.45, 7) is 1.15. The summed E-state index contributed by atoms with van der Waals surface area (Å²) in [5, 5.41) is 5.80. The second kappa shape index (κ2) is 9.70. The Kier molecular flexibility index (Phi) is 7.71. The highest BCUT2D eigenvalue weighted by Crippen LogP contribution is 2.65. The molecule has 0 radical (unpaired) electrons. The smallest absolute Gasteiger partial charge is 0.326 e. The van der Waals surface area contributed by atoms with Crippen LogP contribution in [-0.4, -0.2) is 22.3 Å². The molecule has 178 valence electrons. The van der Waals surface area contributed by atoms with Crippen molar-refractivity contribution in [1.29, 1.82) is 0 Å². The molecule has 4 nitrogen and oxygen atoms in total. The molecule has 2 N–H and O–H groups in total. The van der Waals surface area contributed by atoms with Crippen LogP contribution in [0.2, 0.25) is 15.1 Å². The van der Waals surface area contributed by atoms with Crippen molar-refractivity contribution < 1.29 is 22.8 Å². The van der Waals surface area contributed by atoms with Gasteiger partial charge in [-0.1, -0.05) is 41.7 Å². The van der Waals surface area contributed by atoms with E-state index in [4.69, 9.17) is 58.0 Å². The molecule has 12 heteroatoms. The topological polar surface area (TPSA) is 58.2 Å². The van der Waals surface area contributed by atoms with Gasteiger partial charge in [-0.3, -0.25) is 9.59 Å². The highest BCUT2D eigenvalue weighted by molar-refractivity contribution is 6.53. The largest absolute Gasteiger partial charge is 0.389 e. The van der Waals surface area contributed by atoms with Crippen LogP contribution >= 0.6 is 58.0 Å². The number of amides is 2. The molecule has 2 aromatic carbocycles. The van der Waals surface area contributed by atoms with E-state index in [1.165, 1.54) is 24.3 Å². The molecule has 1 fully saturated rings. The molecule has 0 heterocycles. The Hall–Kier alpha value is -1.38. The maximum atomic E-state index is 12.8. The maximum Gasteiger partial charge on any atom is 0.389 e. The van der Waals surface area contributed by atoms with Crippen LogP contribution in [0.3, 0.4) is 0 Å². The summed E-state index contributed by atoms with van der Waals surface area (Å²) in [7, 11) is 0. The highest BCUT2D eigenvalue weighted by atomic mass is 35.5. The third-order valence-corrected chi connectivity index (χ3v) is 6.76. The molecular formula is C21H16Cl5F3N2O2. The predicted octanol–water partition coefficient (Wildman–Crippen LogP) is 7.70. The molecule has 2 amide bonds. The average molecular weight is 563 g/mol. The van der Waals surface area contributed by atoms with Crippen molar-refractivity contribution in [3.63, 3.8) is 0 Å². The standard InChI is InChI=1S/C21H16Cl5F3N2O2/c1-9(8-20(27,28)29)18(32)31-15-7-13(2-3-14(15)24)30-19(33)17-16(21(17,25)26)10-4-11(22)6-12(23)5-10/h2-7,9,16-17H,8H2,1H3,(H,30,33)(H,31,32)/t9?,16-,17+/m0/s1. The van der Waals surface area contributed by atoms with E-state index in [2.05, 4.69) is 10.6 Å². The summed E-state index contributed by atoms with van der Waals surface area (Å²) in [4.78, 5) is 25.0. The van der Waals surface area contributed by atoms with Crippen LogP contribution in [0.25, 0.3) is 0 Å². The molecule has 0 spiro atoms. The Balaban J connectivity index is 1.72. The Bertz CT molecular complexity index is 1070. The van der Waals surface area contributed by atoms with Gasteiger partial charge in [-0.05, 0) is 42.0 Å². The van der Waals surface area contributed by atoms with Crippen LogP contribution in [0, 0.1) is 11.8 Å². The van der Waals surface area contributed by atoms with Gasteiger partial charge in [0.15, 0.2) is 0 Å². The van der Waals surface area contributed by atoms with Crippen molar-refractivity contribution in [1.82, 2.24) is 0 Å². The van der Waals surface area contributed by atoms with Gasteiger partial charge in [-0.25, -0.2) is 0 Å². The summed E-state index contributed by atoms with van der Waals surface area (Å²) < 4.78 is 36.2. The van der Waals surface area contributed by atoms with Crippen LogP contribution in [0.4, 0.5) is 24.5 Å². The number of halogens is 8. The van der Waals surface area contributed by atoms with E-state index < -0.39 is 46.5 Å². The highest BCUT2D eigenvalue weighted by Gasteiger charge is 2.67. The molecule has 1 saturated carbocycles. The van der Waals surface area contributed by atoms with Crippen LogP contribution in [0.1, 0.15) is 24.8 Å². The second-order valence-electron chi connectivity index (χ2n) is 7.73. The zero-order valence-corrected chi connectivity index (χ0v) is 20.5. The summed E-state index contributed by atoms with van der Waals surface area (Å²) in [5.41, 5.74) is 0.882. The van der Waals surface area contributed by atoms with Gasteiger partial charge in [0.05, 0.1) is 23.0 Å². The molecule has 0 aromatic heterocycles. The van der Waals surface area contributed by atoms with E-state index in [9.17, 15) is 22.8 Å². The number of carbonyl (C=O) groups is 2. The quantitative estimate of drug-likeness (QED) is 0.355. The second-order valence-corrected chi connectivity index (χ2v) is 10.5. The number of rotatable bonds is 6. The first kappa shape index (κ1) is 26.2. The summed E-state index contributed by atoms with van der Waals surface area (Å²) in [6, 6.07) is 8.94. The molecule has 1 aliphatic carbocycles. The van der Waals surface area contributed by atoms with E-state index in [1.807, 2.05) is 0 Å². The maximum absolute atomic E-state index is 12.8. The van der Waals surface area contributed by atoms with Gasteiger partial charge in [-0.2, -0.15) is 13.2 Å². The number of hydrogen-bond acceptors (Lipinski definition) is 2. The molecule has 1 aliphatic rings. The SMILES string of the molecule is CC(CC(F)(F)F)C(=O)Nc1cc(NC(=O)[C@H]2[C@H](c3cc(Cl)cc(Cl)c3)C2(Cl)Cl)ccc1Cl. The average Bonchev–Trinajstić information content (AvgIpc) is 3.24. The summed E-state index contributed by atoms with van der Waals surface area (Å²) >= 11 is 30.8.